The molecule has 3 heteroatoms. The lowest BCUT2D eigenvalue weighted by molar-refractivity contribution is 0.255. The molecule has 0 bridgehead atoms. The topological polar surface area (TPSA) is 29.3 Å². The van der Waals surface area contributed by atoms with Gasteiger partial charge >= 0.3 is 0 Å². The van der Waals surface area contributed by atoms with Gasteiger partial charge in [-0.1, -0.05) is 6.92 Å². The molecule has 16 heavy (non-hydrogen) atoms. The molecule has 0 aliphatic heterocycles. The van der Waals surface area contributed by atoms with E-state index in [-0.39, 0.29) is 0 Å². The zero-order valence-electron chi connectivity index (χ0n) is 10.3. The van der Waals surface area contributed by atoms with Crippen LogP contribution in [0.15, 0.2) is 6.07 Å². The Labute approximate surface area is 102 Å². The Balaban J connectivity index is 2.02. The molecule has 0 amide bonds. The summed E-state index contributed by atoms with van der Waals surface area (Å²) in [5, 5.41) is 0. The van der Waals surface area contributed by atoms with E-state index < -0.39 is 0 Å². The summed E-state index contributed by atoms with van der Waals surface area (Å²) in [6.07, 6.45) is 4.04. The van der Waals surface area contributed by atoms with Crippen molar-refractivity contribution in [3.8, 4) is 0 Å². The monoisotopic (exact) mass is 238 g/mol. The molecule has 1 aromatic heterocycles. The van der Waals surface area contributed by atoms with Crippen molar-refractivity contribution in [2.75, 3.05) is 6.54 Å². The highest BCUT2D eigenvalue weighted by molar-refractivity contribution is 7.12. The minimum Gasteiger partial charge on any atom is -0.326 e. The van der Waals surface area contributed by atoms with Crippen LogP contribution in [0.25, 0.3) is 0 Å². The van der Waals surface area contributed by atoms with Crippen LogP contribution in [-0.4, -0.2) is 17.5 Å². The first-order valence-corrected chi connectivity index (χ1v) is 7.08. The van der Waals surface area contributed by atoms with Crippen LogP contribution >= 0.6 is 11.3 Å². The first-order valence-electron chi connectivity index (χ1n) is 6.27. The van der Waals surface area contributed by atoms with Gasteiger partial charge in [0.25, 0.3) is 0 Å². The molecule has 1 aromatic rings. The number of thiophene rings is 1. The zero-order valence-corrected chi connectivity index (χ0v) is 11.1. The van der Waals surface area contributed by atoms with Crippen molar-refractivity contribution < 1.29 is 0 Å². The highest BCUT2D eigenvalue weighted by Gasteiger charge is 2.28. The van der Waals surface area contributed by atoms with E-state index in [2.05, 4.69) is 24.8 Å². The lowest BCUT2D eigenvalue weighted by atomic mass is 10.2. The van der Waals surface area contributed by atoms with Crippen molar-refractivity contribution in [3.63, 3.8) is 0 Å². The first-order chi connectivity index (χ1) is 7.74. The van der Waals surface area contributed by atoms with Gasteiger partial charge in [-0.2, -0.15) is 0 Å². The maximum Gasteiger partial charge on any atom is 0.0274 e. The number of hydrogen-bond acceptors (Lipinski definition) is 3. The van der Waals surface area contributed by atoms with Crippen LogP contribution in [0.4, 0.5) is 0 Å². The Morgan fingerprint density at radius 2 is 2.25 bits per heavy atom. The van der Waals surface area contributed by atoms with E-state index in [1.54, 1.807) is 0 Å². The Hall–Kier alpha value is -0.380. The van der Waals surface area contributed by atoms with Gasteiger partial charge in [0.15, 0.2) is 0 Å². The highest BCUT2D eigenvalue weighted by atomic mass is 32.1. The van der Waals surface area contributed by atoms with Gasteiger partial charge in [-0.25, -0.2) is 0 Å². The van der Waals surface area contributed by atoms with Crippen molar-refractivity contribution in [1.82, 2.24) is 4.90 Å². The lowest BCUT2D eigenvalue weighted by Gasteiger charge is -2.21. The van der Waals surface area contributed by atoms with Gasteiger partial charge < -0.3 is 5.73 Å². The van der Waals surface area contributed by atoms with E-state index in [0.29, 0.717) is 6.54 Å². The van der Waals surface area contributed by atoms with Gasteiger partial charge in [-0.05, 0) is 44.4 Å². The number of nitrogens with two attached hydrogens (primary N) is 1. The maximum absolute atomic E-state index is 5.69. The van der Waals surface area contributed by atoms with Crippen LogP contribution in [-0.2, 0) is 13.1 Å². The van der Waals surface area contributed by atoms with Crippen LogP contribution in [0.2, 0.25) is 0 Å². The van der Waals surface area contributed by atoms with Crippen molar-refractivity contribution in [3.05, 3.63) is 21.4 Å². The molecule has 0 unspecified atom stereocenters. The summed E-state index contributed by atoms with van der Waals surface area (Å²) >= 11 is 1.85. The molecule has 0 saturated heterocycles. The lowest BCUT2D eigenvalue weighted by Crippen LogP contribution is -2.26. The summed E-state index contributed by atoms with van der Waals surface area (Å²) in [6.45, 7) is 7.53. The minimum absolute atomic E-state index is 0.683. The number of hydrogen-bond donors (Lipinski definition) is 1. The maximum atomic E-state index is 5.69. The molecule has 2 N–H and O–H groups in total. The summed E-state index contributed by atoms with van der Waals surface area (Å²) in [6, 6.07) is 3.16. The summed E-state index contributed by atoms with van der Waals surface area (Å²) in [4.78, 5) is 5.40. The van der Waals surface area contributed by atoms with Crippen LogP contribution in [0.5, 0.6) is 0 Å². The molecular formula is C13H22N2S. The second kappa shape index (κ2) is 5.30. The highest BCUT2D eigenvalue weighted by Crippen LogP contribution is 2.30. The zero-order chi connectivity index (χ0) is 11.5. The Morgan fingerprint density at radius 1 is 1.50 bits per heavy atom. The molecule has 2 nitrogen and oxygen atoms in total. The SMILES string of the molecule is CCCN(Cc1cc(CN)sc1C)C1CC1. The molecule has 0 spiro atoms. The summed E-state index contributed by atoms with van der Waals surface area (Å²) < 4.78 is 0. The molecule has 2 rings (SSSR count). The summed E-state index contributed by atoms with van der Waals surface area (Å²) in [5.74, 6) is 0. The molecule has 1 aliphatic rings. The Morgan fingerprint density at radius 3 is 2.75 bits per heavy atom. The molecule has 1 heterocycles. The van der Waals surface area contributed by atoms with Crippen molar-refractivity contribution >= 4 is 11.3 Å². The average Bonchev–Trinajstić information content (AvgIpc) is 3.05. The molecule has 0 aromatic carbocycles. The van der Waals surface area contributed by atoms with E-state index in [4.69, 9.17) is 5.73 Å². The van der Waals surface area contributed by atoms with E-state index in [0.717, 1.165) is 12.6 Å². The van der Waals surface area contributed by atoms with E-state index in [1.165, 1.54) is 41.1 Å². The number of nitrogens with zero attached hydrogens (tertiary/aromatic N) is 1. The van der Waals surface area contributed by atoms with Crippen LogP contribution in [0.1, 0.15) is 41.5 Å². The van der Waals surface area contributed by atoms with Crippen molar-refractivity contribution in [1.29, 1.82) is 0 Å². The minimum atomic E-state index is 0.683. The third-order valence-corrected chi connectivity index (χ3v) is 4.34. The van der Waals surface area contributed by atoms with Gasteiger partial charge in [-0.15, -0.1) is 11.3 Å². The third-order valence-electron chi connectivity index (χ3n) is 3.22. The molecule has 1 saturated carbocycles. The smallest absolute Gasteiger partial charge is 0.0274 e. The fourth-order valence-electron chi connectivity index (χ4n) is 2.18. The Bertz CT molecular complexity index is 342. The third kappa shape index (κ3) is 2.84. The van der Waals surface area contributed by atoms with Gasteiger partial charge in [0.1, 0.15) is 0 Å². The quantitative estimate of drug-likeness (QED) is 0.825. The van der Waals surface area contributed by atoms with Gasteiger partial charge in [-0.3, -0.25) is 4.90 Å². The van der Waals surface area contributed by atoms with Crippen molar-refractivity contribution in [2.45, 2.75) is 52.2 Å². The molecule has 0 radical (unpaired) electrons. The largest absolute Gasteiger partial charge is 0.326 e. The second-order valence-electron chi connectivity index (χ2n) is 4.70. The van der Waals surface area contributed by atoms with Gasteiger partial charge in [0, 0.05) is 28.9 Å². The van der Waals surface area contributed by atoms with Crippen LogP contribution in [0, 0.1) is 6.92 Å². The summed E-state index contributed by atoms with van der Waals surface area (Å²) in [7, 11) is 0. The normalized spacial score (nSPS) is 16.0. The molecule has 1 aliphatic carbocycles. The summed E-state index contributed by atoms with van der Waals surface area (Å²) in [5.41, 5.74) is 7.18. The van der Waals surface area contributed by atoms with E-state index in [9.17, 15) is 0 Å². The fourth-order valence-corrected chi connectivity index (χ4v) is 3.11. The first kappa shape index (κ1) is 12.1. The molecule has 90 valence electrons. The predicted octanol–water partition coefficient (Wildman–Crippen LogP) is 2.89. The van der Waals surface area contributed by atoms with E-state index in [1.807, 2.05) is 11.3 Å². The van der Waals surface area contributed by atoms with Crippen molar-refractivity contribution in [2.24, 2.45) is 5.73 Å². The Kier molecular flexibility index (Phi) is 4.00. The van der Waals surface area contributed by atoms with Crippen LogP contribution in [0.3, 0.4) is 0 Å². The van der Waals surface area contributed by atoms with Gasteiger partial charge in [0.05, 0.1) is 0 Å². The van der Waals surface area contributed by atoms with Gasteiger partial charge in [0.2, 0.25) is 0 Å². The predicted molar refractivity (Wildman–Crippen MR) is 70.7 cm³/mol. The number of rotatable bonds is 6. The second-order valence-corrected chi connectivity index (χ2v) is 6.04. The number of aryl methyl sites for hydroxylation is 1. The van der Waals surface area contributed by atoms with Crippen LogP contribution < -0.4 is 5.73 Å². The fraction of sp³-hybridized carbons (Fsp3) is 0.692. The van der Waals surface area contributed by atoms with E-state index >= 15 is 0 Å². The standard InChI is InChI=1S/C13H22N2S/c1-3-6-15(12-4-5-12)9-11-7-13(8-14)16-10(11)2/h7,12H,3-6,8-9,14H2,1-2H3. The average molecular weight is 238 g/mol. The molecular weight excluding hydrogens is 216 g/mol. The molecule has 1 fully saturated rings. The molecule has 0 atom stereocenters.